The minimum absolute atomic E-state index is 0.172. The van der Waals surface area contributed by atoms with Crippen molar-refractivity contribution in [3.05, 3.63) is 56.9 Å². The summed E-state index contributed by atoms with van der Waals surface area (Å²) in [4.78, 5) is 18.2. The molecular weight excluding hydrogens is 360 g/mol. The molecule has 0 aliphatic carbocycles. The van der Waals surface area contributed by atoms with Gasteiger partial charge in [0.1, 0.15) is 5.69 Å². The number of carbonyl (C=O) groups is 1. The van der Waals surface area contributed by atoms with Crippen LogP contribution in [0.4, 0.5) is 0 Å². The minimum atomic E-state index is -0.941. The van der Waals surface area contributed by atoms with E-state index in [4.69, 9.17) is 0 Å². The molecule has 2 atom stereocenters. The van der Waals surface area contributed by atoms with Gasteiger partial charge in [0.2, 0.25) is 0 Å². The summed E-state index contributed by atoms with van der Waals surface area (Å²) < 4.78 is 0. The standard InChI is InChI=1S/C21H24N2O3S/c1-12-3-4-17-15(9-12)16(19(22-17)21(25)26)10-23-7-5-14(18(24)11-23)20-13(2)6-8-27-20/h3-4,6,8-9,14,18,22,24H,5,7,10-11H2,1-2H3,(H,25,26)/t14-,18-/m1/s1. The molecule has 27 heavy (non-hydrogen) atoms. The van der Waals surface area contributed by atoms with Crippen LogP contribution in [0.15, 0.2) is 29.6 Å². The Balaban J connectivity index is 1.58. The van der Waals surface area contributed by atoms with E-state index in [2.05, 4.69) is 28.3 Å². The van der Waals surface area contributed by atoms with Crippen molar-refractivity contribution >= 4 is 28.2 Å². The number of carboxylic acid groups (broad SMARTS) is 1. The summed E-state index contributed by atoms with van der Waals surface area (Å²) in [5.74, 6) is -0.770. The molecule has 1 aliphatic rings. The highest BCUT2D eigenvalue weighted by Gasteiger charge is 2.31. The van der Waals surface area contributed by atoms with E-state index in [9.17, 15) is 15.0 Å². The third-order valence-electron chi connectivity index (χ3n) is 5.56. The Morgan fingerprint density at radius 1 is 1.33 bits per heavy atom. The molecular formula is C21H24N2O3S. The molecule has 142 valence electrons. The van der Waals surface area contributed by atoms with E-state index in [1.54, 1.807) is 11.3 Å². The lowest BCUT2D eigenvalue weighted by Crippen LogP contribution is -2.42. The summed E-state index contributed by atoms with van der Waals surface area (Å²) in [5.41, 5.74) is 4.25. The zero-order valence-electron chi connectivity index (χ0n) is 15.5. The van der Waals surface area contributed by atoms with Crippen molar-refractivity contribution < 1.29 is 15.0 Å². The number of carboxylic acids is 1. The Morgan fingerprint density at radius 3 is 2.81 bits per heavy atom. The van der Waals surface area contributed by atoms with Crippen LogP contribution < -0.4 is 0 Å². The third-order valence-corrected chi connectivity index (χ3v) is 6.71. The number of aromatic nitrogens is 1. The van der Waals surface area contributed by atoms with E-state index in [0.29, 0.717) is 13.1 Å². The van der Waals surface area contributed by atoms with Crippen molar-refractivity contribution in [2.24, 2.45) is 0 Å². The molecule has 1 fully saturated rings. The van der Waals surface area contributed by atoms with E-state index in [1.807, 2.05) is 25.1 Å². The molecule has 0 radical (unpaired) electrons. The number of benzene rings is 1. The number of hydrogen-bond donors (Lipinski definition) is 3. The average Bonchev–Trinajstić information content (AvgIpc) is 3.19. The summed E-state index contributed by atoms with van der Waals surface area (Å²) >= 11 is 1.71. The molecule has 2 aromatic heterocycles. The summed E-state index contributed by atoms with van der Waals surface area (Å²) in [6, 6.07) is 8.05. The molecule has 1 aliphatic heterocycles. The van der Waals surface area contributed by atoms with Gasteiger partial charge in [0.15, 0.2) is 0 Å². The van der Waals surface area contributed by atoms with Gasteiger partial charge < -0.3 is 15.2 Å². The highest BCUT2D eigenvalue weighted by atomic mass is 32.1. The SMILES string of the molecule is Cc1ccc2[nH]c(C(=O)O)c(CN3CC[C@@H](c4sccc4C)[C@H](O)C3)c2c1. The Hall–Kier alpha value is -2.15. The van der Waals surface area contributed by atoms with Crippen molar-refractivity contribution in [3.63, 3.8) is 0 Å². The molecule has 5 nitrogen and oxygen atoms in total. The van der Waals surface area contributed by atoms with Gasteiger partial charge in [-0.25, -0.2) is 4.79 Å². The topological polar surface area (TPSA) is 76.6 Å². The number of piperidine rings is 1. The molecule has 0 saturated carbocycles. The number of likely N-dealkylation sites (tertiary alicyclic amines) is 1. The maximum Gasteiger partial charge on any atom is 0.352 e. The summed E-state index contributed by atoms with van der Waals surface area (Å²) in [7, 11) is 0. The van der Waals surface area contributed by atoms with E-state index in [0.717, 1.165) is 35.0 Å². The second-order valence-corrected chi connectivity index (χ2v) is 8.45. The first kappa shape index (κ1) is 18.2. The zero-order chi connectivity index (χ0) is 19.1. The maximum atomic E-state index is 11.7. The van der Waals surface area contributed by atoms with Crippen LogP contribution in [0.2, 0.25) is 0 Å². The van der Waals surface area contributed by atoms with Crippen molar-refractivity contribution in [2.45, 2.75) is 38.8 Å². The molecule has 4 rings (SSSR count). The van der Waals surface area contributed by atoms with Gasteiger partial charge in [0.05, 0.1) is 6.10 Å². The van der Waals surface area contributed by atoms with Crippen molar-refractivity contribution in [1.29, 1.82) is 0 Å². The smallest absolute Gasteiger partial charge is 0.352 e. The summed E-state index contributed by atoms with van der Waals surface area (Å²) in [5, 5.41) is 23.4. The molecule has 3 aromatic rings. The van der Waals surface area contributed by atoms with Crippen molar-refractivity contribution in [3.8, 4) is 0 Å². The number of H-pyrrole nitrogens is 1. The highest BCUT2D eigenvalue weighted by molar-refractivity contribution is 7.10. The number of aliphatic hydroxyl groups is 1. The first-order chi connectivity index (χ1) is 12.9. The fourth-order valence-electron chi connectivity index (χ4n) is 4.14. The number of thiophene rings is 1. The first-order valence-electron chi connectivity index (χ1n) is 9.23. The van der Waals surface area contributed by atoms with Gasteiger partial charge in [0, 0.05) is 40.4 Å². The van der Waals surface area contributed by atoms with E-state index in [-0.39, 0.29) is 11.6 Å². The van der Waals surface area contributed by atoms with Crippen LogP contribution in [0.5, 0.6) is 0 Å². The Morgan fingerprint density at radius 2 is 2.15 bits per heavy atom. The number of β-amino-alcohol motifs (C(OH)–C–C–N with tert-alkyl or cyclic N) is 1. The van der Waals surface area contributed by atoms with Crippen molar-refractivity contribution in [1.82, 2.24) is 9.88 Å². The second-order valence-electron chi connectivity index (χ2n) is 7.50. The molecule has 0 bridgehead atoms. The van der Waals surface area contributed by atoms with Crippen LogP contribution in [-0.2, 0) is 6.54 Å². The minimum Gasteiger partial charge on any atom is -0.477 e. The number of aliphatic hydroxyl groups excluding tert-OH is 1. The number of aryl methyl sites for hydroxylation is 2. The molecule has 1 aromatic carbocycles. The summed E-state index contributed by atoms with van der Waals surface area (Å²) in [6.07, 6.45) is 0.447. The van der Waals surface area contributed by atoms with Gasteiger partial charge in [-0.05, 0) is 56.0 Å². The number of rotatable bonds is 4. The quantitative estimate of drug-likeness (QED) is 0.638. The van der Waals surface area contributed by atoms with Gasteiger partial charge in [-0.15, -0.1) is 11.3 Å². The van der Waals surface area contributed by atoms with Gasteiger partial charge in [0.25, 0.3) is 0 Å². The van der Waals surface area contributed by atoms with Crippen LogP contribution in [0.25, 0.3) is 10.9 Å². The Kier molecular flexibility index (Phi) is 4.80. The van der Waals surface area contributed by atoms with Crippen LogP contribution >= 0.6 is 11.3 Å². The van der Waals surface area contributed by atoms with Gasteiger partial charge in [-0.1, -0.05) is 11.6 Å². The normalized spacial score (nSPS) is 21.0. The predicted octanol–water partition coefficient (Wildman–Crippen LogP) is 3.89. The number of aromatic amines is 1. The maximum absolute atomic E-state index is 11.7. The molecule has 3 N–H and O–H groups in total. The predicted molar refractivity (Wildman–Crippen MR) is 108 cm³/mol. The molecule has 0 spiro atoms. The lowest BCUT2D eigenvalue weighted by atomic mass is 9.90. The monoisotopic (exact) mass is 384 g/mol. The summed E-state index contributed by atoms with van der Waals surface area (Å²) in [6.45, 7) is 6.03. The number of nitrogens with one attached hydrogen (secondary N) is 1. The van der Waals surface area contributed by atoms with Crippen LogP contribution in [0.1, 0.15) is 44.4 Å². The first-order valence-corrected chi connectivity index (χ1v) is 10.1. The lowest BCUT2D eigenvalue weighted by molar-refractivity contribution is 0.0483. The Labute approximate surface area is 162 Å². The molecule has 3 heterocycles. The Bertz CT molecular complexity index is 991. The zero-order valence-corrected chi connectivity index (χ0v) is 16.3. The van der Waals surface area contributed by atoms with Gasteiger partial charge >= 0.3 is 5.97 Å². The molecule has 0 amide bonds. The molecule has 0 unspecified atom stereocenters. The largest absolute Gasteiger partial charge is 0.477 e. The molecule has 6 heteroatoms. The average molecular weight is 385 g/mol. The van der Waals surface area contributed by atoms with E-state index >= 15 is 0 Å². The number of nitrogens with zero attached hydrogens (tertiary/aromatic N) is 1. The number of aromatic carboxylic acids is 1. The number of fused-ring (bicyclic) bond motifs is 1. The molecule has 1 saturated heterocycles. The van der Waals surface area contributed by atoms with Crippen LogP contribution in [-0.4, -0.2) is 45.3 Å². The second kappa shape index (κ2) is 7.11. The van der Waals surface area contributed by atoms with Crippen LogP contribution in [0.3, 0.4) is 0 Å². The lowest BCUT2D eigenvalue weighted by Gasteiger charge is -2.36. The van der Waals surface area contributed by atoms with Gasteiger partial charge in [-0.2, -0.15) is 0 Å². The fraction of sp³-hybridized carbons (Fsp3) is 0.381. The fourth-order valence-corrected chi connectivity index (χ4v) is 5.27. The van der Waals surface area contributed by atoms with E-state index in [1.165, 1.54) is 10.4 Å². The number of hydrogen-bond acceptors (Lipinski definition) is 4. The van der Waals surface area contributed by atoms with E-state index < -0.39 is 12.1 Å². The third kappa shape index (κ3) is 3.40. The van der Waals surface area contributed by atoms with Crippen LogP contribution in [0, 0.1) is 13.8 Å². The highest BCUT2D eigenvalue weighted by Crippen LogP contribution is 2.35. The van der Waals surface area contributed by atoms with Gasteiger partial charge in [-0.3, -0.25) is 4.90 Å². The van der Waals surface area contributed by atoms with Crippen molar-refractivity contribution in [2.75, 3.05) is 13.1 Å².